The van der Waals surface area contributed by atoms with Gasteiger partial charge in [0.2, 0.25) is 11.0 Å². The summed E-state index contributed by atoms with van der Waals surface area (Å²) in [5, 5.41) is 10.4. The van der Waals surface area contributed by atoms with Gasteiger partial charge < -0.3 is 14.4 Å². The first-order chi connectivity index (χ1) is 10.6. The average molecular weight is 346 g/mol. The molecule has 122 valence electrons. The Balaban J connectivity index is 1.86. The second kappa shape index (κ2) is 8.30. The van der Waals surface area contributed by atoms with Crippen LogP contribution in [0.2, 0.25) is 0 Å². The first-order valence-corrected chi connectivity index (χ1v) is 8.60. The third-order valence-corrected chi connectivity index (χ3v) is 4.85. The van der Waals surface area contributed by atoms with Crippen molar-refractivity contribution in [2.24, 2.45) is 0 Å². The van der Waals surface area contributed by atoms with Gasteiger partial charge in [0, 0.05) is 13.1 Å². The van der Waals surface area contributed by atoms with Gasteiger partial charge in [0.25, 0.3) is 0 Å². The van der Waals surface area contributed by atoms with E-state index in [-0.39, 0.29) is 17.8 Å². The van der Waals surface area contributed by atoms with Gasteiger partial charge in [-0.25, -0.2) is 4.79 Å². The molecule has 10 heteroatoms. The van der Waals surface area contributed by atoms with Crippen molar-refractivity contribution in [2.75, 3.05) is 38.2 Å². The van der Waals surface area contributed by atoms with Crippen LogP contribution < -0.4 is 5.32 Å². The molecule has 0 radical (unpaired) electrons. The smallest absolute Gasteiger partial charge is 0.413 e. The molecule has 1 aromatic rings. The fraction of sp³-hybridized carbons (Fsp3) is 0.667. The number of ether oxygens (including phenoxy) is 2. The molecule has 1 fully saturated rings. The minimum atomic E-state index is -0.562. The van der Waals surface area contributed by atoms with E-state index in [9.17, 15) is 9.59 Å². The van der Waals surface area contributed by atoms with Gasteiger partial charge in [-0.2, -0.15) is 0 Å². The van der Waals surface area contributed by atoms with Crippen LogP contribution in [0.3, 0.4) is 0 Å². The third-order valence-electron chi connectivity index (χ3n) is 2.84. The average Bonchev–Trinajstić information content (AvgIpc) is 2.94. The van der Waals surface area contributed by atoms with Gasteiger partial charge in [-0.05, 0) is 13.8 Å². The van der Waals surface area contributed by atoms with Crippen LogP contribution in [0.15, 0.2) is 4.34 Å². The van der Waals surface area contributed by atoms with Crippen molar-refractivity contribution in [3.63, 3.8) is 0 Å². The number of aromatic nitrogens is 2. The van der Waals surface area contributed by atoms with E-state index in [0.29, 0.717) is 35.8 Å². The maximum Gasteiger partial charge on any atom is 0.413 e. The Morgan fingerprint density at radius 2 is 2.18 bits per heavy atom. The summed E-state index contributed by atoms with van der Waals surface area (Å²) in [5.41, 5.74) is 0. The predicted molar refractivity (Wildman–Crippen MR) is 83.3 cm³/mol. The quantitative estimate of drug-likeness (QED) is 0.637. The molecule has 1 saturated heterocycles. The minimum Gasteiger partial charge on any atom is -0.450 e. The number of hydrogen-bond acceptors (Lipinski definition) is 8. The molecule has 2 amide bonds. The van der Waals surface area contributed by atoms with E-state index in [1.165, 1.54) is 23.1 Å². The van der Waals surface area contributed by atoms with Crippen molar-refractivity contribution in [3.8, 4) is 0 Å². The van der Waals surface area contributed by atoms with Crippen LogP contribution in [0.25, 0.3) is 0 Å². The van der Waals surface area contributed by atoms with Gasteiger partial charge in [0.1, 0.15) is 0 Å². The normalized spacial score (nSPS) is 16.2. The van der Waals surface area contributed by atoms with E-state index in [1.54, 1.807) is 11.8 Å². The molecule has 2 rings (SSSR count). The fourth-order valence-corrected chi connectivity index (χ4v) is 3.77. The Hall–Kier alpha value is -1.39. The van der Waals surface area contributed by atoms with Crippen molar-refractivity contribution in [1.29, 1.82) is 0 Å². The summed E-state index contributed by atoms with van der Waals surface area (Å²) in [6.45, 7) is 6.25. The lowest BCUT2D eigenvalue weighted by atomic mass is 10.3. The molecule has 22 heavy (non-hydrogen) atoms. The zero-order valence-electron chi connectivity index (χ0n) is 12.4. The fourth-order valence-electron chi connectivity index (χ4n) is 1.80. The molecule has 8 nitrogen and oxygen atoms in total. The number of hydrogen-bond donors (Lipinski definition) is 1. The van der Waals surface area contributed by atoms with Crippen molar-refractivity contribution < 1.29 is 19.1 Å². The number of rotatable bonds is 5. The van der Waals surface area contributed by atoms with Crippen molar-refractivity contribution in [1.82, 2.24) is 15.1 Å². The molecule has 0 bridgehead atoms. The molecular formula is C12H18N4O4S2. The van der Waals surface area contributed by atoms with Gasteiger partial charge in [-0.3, -0.25) is 10.1 Å². The number of thioether (sulfide) groups is 1. The summed E-state index contributed by atoms with van der Waals surface area (Å²) in [7, 11) is 0. The van der Waals surface area contributed by atoms with Crippen LogP contribution in [0.4, 0.5) is 9.93 Å². The summed E-state index contributed by atoms with van der Waals surface area (Å²) < 4.78 is 10.6. The largest absolute Gasteiger partial charge is 0.450 e. The second-order valence-corrected chi connectivity index (χ2v) is 6.98. The Morgan fingerprint density at radius 1 is 1.45 bits per heavy atom. The highest BCUT2D eigenvalue weighted by Crippen LogP contribution is 2.29. The molecule has 1 N–H and O–H groups in total. The van der Waals surface area contributed by atoms with Crippen LogP contribution in [0, 0.1) is 0 Å². The molecule has 1 aliphatic rings. The summed E-state index contributed by atoms with van der Waals surface area (Å²) in [6, 6.07) is 0. The standard InChI is InChI=1S/C12H18N4O4S2/c1-3-20-11(18)13-10-14-15-12(22-10)21-8(2)9(17)16-4-6-19-7-5-16/h8H,3-7H2,1-2H3,(H,13,14,18). The maximum absolute atomic E-state index is 12.3. The van der Waals surface area contributed by atoms with E-state index in [2.05, 4.69) is 15.5 Å². The number of anilines is 1. The van der Waals surface area contributed by atoms with Gasteiger partial charge in [0.05, 0.1) is 25.1 Å². The molecule has 0 aromatic carbocycles. The number of carbonyl (C=O) groups is 2. The number of nitrogens with one attached hydrogen (secondary N) is 1. The van der Waals surface area contributed by atoms with Gasteiger partial charge in [-0.15, -0.1) is 10.2 Å². The number of carbonyl (C=O) groups excluding carboxylic acids is 2. The SMILES string of the molecule is CCOC(=O)Nc1nnc(SC(C)C(=O)N2CCOCC2)s1. The van der Waals surface area contributed by atoms with Gasteiger partial charge in [-0.1, -0.05) is 23.1 Å². The summed E-state index contributed by atoms with van der Waals surface area (Å²) in [5.74, 6) is 0.0587. The van der Waals surface area contributed by atoms with Crippen LogP contribution in [0.1, 0.15) is 13.8 Å². The Kier molecular flexibility index (Phi) is 6.40. The lowest BCUT2D eigenvalue weighted by molar-refractivity contribution is -0.134. The zero-order chi connectivity index (χ0) is 15.9. The van der Waals surface area contributed by atoms with Crippen molar-refractivity contribution in [3.05, 3.63) is 0 Å². The lowest BCUT2D eigenvalue weighted by Crippen LogP contribution is -2.44. The topological polar surface area (TPSA) is 93.7 Å². The highest BCUT2D eigenvalue weighted by Gasteiger charge is 2.24. The monoisotopic (exact) mass is 346 g/mol. The Labute approximate surface area is 136 Å². The van der Waals surface area contributed by atoms with Crippen LogP contribution in [-0.4, -0.2) is 65.3 Å². The first kappa shape index (κ1) is 17.0. The molecule has 0 spiro atoms. The second-order valence-electron chi connectivity index (χ2n) is 4.42. The van der Waals surface area contributed by atoms with E-state index in [0.717, 1.165) is 0 Å². The van der Waals surface area contributed by atoms with E-state index < -0.39 is 6.09 Å². The van der Waals surface area contributed by atoms with E-state index >= 15 is 0 Å². The molecule has 0 saturated carbocycles. The predicted octanol–water partition coefficient (Wildman–Crippen LogP) is 1.45. The molecule has 1 aliphatic heterocycles. The third kappa shape index (κ3) is 4.82. The van der Waals surface area contributed by atoms with Crippen LogP contribution in [0.5, 0.6) is 0 Å². The number of nitrogens with zero attached hydrogens (tertiary/aromatic N) is 3. The first-order valence-electron chi connectivity index (χ1n) is 6.90. The van der Waals surface area contributed by atoms with Crippen molar-refractivity contribution in [2.45, 2.75) is 23.4 Å². The number of amides is 2. The molecule has 1 unspecified atom stereocenters. The van der Waals surface area contributed by atoms with Crippen LogP contribution >= 0.6 is 23.1 Å². The molecular weight excluding hydrogens is 328 g/mol. The van der Waals surface area contributed by atoms with Gasteiger partial charge >= 0.3 is 6.09 Å². The summed E-state index contributed by atoms with van der Waals surface area (Å²) in [6.07, 6.45) is -0.562. The number of morpholine rings is 1. The maximum atomic E-state index is 12.3. The van der Waals surface area contributed by atoms with E-state index in [1.807, 2.05) is 6.92 Å². The zero-order valence-corrected chi connectivity index (χ0v) is 14.0. The highest BCUT2D eigenvalue weighted by molar-refractivity contribution is 8.02. The molecule has 0 aliphatic carbocycles. The van der Waals surface area contributed by atoms with Crippen molar-refractivity contribution >= 4 is 40.2 Å². The van der Waals surface area contributed by atoms with Gasteiger partial charge in [0.15, 0.2) is 4.34 Å². The highest BCUT2D eigenvalue weighted by atomic mass is 32.2. The Morgan fingerprint density at radius 3 is 2.86 bits per heavy atom. The molecule has 1 atom stereocenters. The molecule has 2 heterocycles. The molecule has 1 aromatic heterocycles. The Bertz CT molecular complexity index is 519. The van der Waals surface area contributed by atoms with E-state index in [4.69, 9.17) is 9.47 Å². The summed E-state index contributed by atoms with van der Waals surface area (Å²) in [4.78, 5) is 25.4. The van der Waals surface area contributed by atoms with Crippen LogP contribution in [-0.2, 0) is 14.3 Å². The minimum absolute atomic E-state index is 0.0587. The lowest BCUT2D eigenvalue weighted by Gasteiger charge is -2.28. The summed E-state index contributed by atoms with van der Waals surface area (Å²) >= 11 is 2.54.